The predicted molar refractivity (Wildman–Crippen MR) is 81.1 cm³/mol. The second-order valence-electron chi connectivity index (χ2n) is 4.80. The SMILES string of the molecule is CCC(C)N(CC(=O)Nc1ccc(C#N)cc1)S(C)(=O)=O. The molecule has 1 aromatic rings. The third-order valence-corrected chi connectivity index (χ3v) is 4.45. The number of nitrogens with zero attached hydrogens (tertiary/aromatic N) is 2. The van der Waals surface area contributed by atoms with Crippen molar-refractivity contribution in [1.29, 1.82) is 5.26 Å². The molecule has 0 radical (unpaired) electrons. The van der Waals surface area contributed by atoms with Crippen LogP contribution in [0.1, 0.15) is 25.8 Å². The van der Waals surface area contributed by atoms with E-state index in [0.717, 1.165) is 6.26 Å². The zero-order valence-electron chi connectivity index (χ0n) is 12.3. The first-order valence-electron chi connectivity index (χ1n) is 6.54. The summed E-state index contributed by atoms with van der Waals surface area (Å²) in [5.41, 5.74) is 1.02. The van der Waals surface area contributed by atoms with Gasteiger partial charge in [-0.3, -0.25) is 4.79 Å². The Hall–Kier alpha value is -1.91. The lowest BCUT2D eigenvalue weighted by molar-refractivity contribution is -0.116. The summed E-state index contributed by atoms with van der Waals surface area (Å²) in [6.07, 6.45) is 1.71. The van der Waals surface area contributed by atoms with E-state index in [9.17, 15) is 13.2 Å². The summed E-state index contributed by atoms with van der Waals surface area (Å²) in [6, 6.07) is 8.11. The number of nitriles is 1. The molecule has 0 aliphatic heterocycles. The molecule has 1 atom stereocenters. The molecule has 1 rings (SSSR count). The molecule has 0 aliphatic carbocycles. The van der Waals surface area contributed by atoms with E-state index in [-0.39, 0.29) is 12.6 Å². The fourth-order valence-electron chi connectivity index (χ4n) is 1.77. The summed E-state index contributed by atoms with van der Waals surface area (Å²) in [4.78, 5) is 12.0. The Balaban J connectivity index is 2.76. The highest BCUT2D eigenvalue weighted by Gasteiger charge is 2.24. The number of rotatable bonds is 6. The van der Waals surface area contributed by atoms with Crippen LogP contribution in [0.2, 0.25) is 0 Å². The van der Waals surface area contributed by atoms with Crippen LogP contribution >= 0.6 is 0 Å². The number of amides is 1. The summed E-state index contributed by atoms with van der Waals surface area (Å²) in [5.74, 6) is -0.412. The first-order chi connectivity index (χ1) is 9.77. The van der Waals surface area contributed by atoms with Crippen LogP contribution in [0.4, 0.5) is 5.69 Å². The van der Waals surface area contributed by atoms with E-state index in [0.29, 0.717) is 17.7 Å². The number of anilines is 1. The van der Waals surface area contributed by atoms with E-state index in [1.807, 2.05) is 13.0 Å². The molecule has 0 aliphatic rings. The van der Waals surface area contributed by atoms with E-state index < -0.39 is 15.9 Å². The van der Waals surface area contributed by atoms with Gasteiger partial charge in [0.05, 0.1) is 24.4 Å². The average Bonchev–Trinajstić information content (AvgIpc) is 2.43. The van der Waals surface area contributed by atoms with Gasteiger partial charge in [-0.2, -0.15) is 9.57 Å². The molecule has 0 saturated carbocycles. The Morgan fingerprint density at radius 1 is 1.38 bits per heavy atom. The van der Waals surface area contributed by atoms with Gasteiger partial charge < -0.3 is 5.32 Å². The van der Waals surface area contributed by atoms with Gasteiger partial charge in [-0.25, -0.2) is 8.42 Å². The normalized spacial score (nSPS) is 12.7. The van der Waals surface area contributed by atoms with Gasteiger partial charge in [0, 0.05) is 11.7 Å². The molecule has 0 heterocycles. The molecule has 0 fully saturated rings. The zero-order valence-corrected chi connectivity index (χ0v) is 13.1. The summed E-state index contributed by atoms with van der Waals surface area (Å²) in [6.45, 7) is 3.39. The van der Waals surface area contributed by atoms with Crippen LogP contribution < -0.4 is 5.32 Å². The predicted octanol–water partition coefficient (Wildman–Crippen LogP) is 1.56. The maximum atomic E-state index is 12.0. The molecule has 114 valence electrons. The molecule has 0 spiro atoms. The number of carbonyl (C=O) groups is 1. The summed E-state index contributed by atoms with van der Waals surface area (Å²) in [5, 5.41) is 11.3. The third-order valence-electron chi connectivity index (χ3n) is 3.11. The molecule has 0 aromatic heterocycles. The van der Waals surface area contributed by atoms with E-state index in [4.69, 9.17) is 5.26 Å². The van der Waals surface area contributed by atoms with Crippen molar-refractivity contribution >= 4 is 21.6 Å². The van der Waals surface area contributed by atoms with Crippen molar-refractivity contribution in [2.24, 2.45) is 0 Å². The molecule has 0 bridgehead atoms. The number of carbonyl (C=O) groups excluding carboxylic acids is 1. The van der Waals surface area contributed by atoms with Crippen molar-refractivity contribution in [2.75, 3.05) is 18.1 Å². The summed E-state index contributed by atoms with van der Waals surface area (Å²) < 4.78 is 24.6. The molecule has 1 unspecified atom stereocenters. The van der Waals surface area contributed by atoms with Gasteiger partial charge in [0.1, 0.15) is 0 Å². The second-order valence-corrected chi connectivity index (χ2v) is 6.74. The minimum atomic E-state index is -3.44. The van der Waals surface area contributed by atoms with Gasteiger partial charge in [-0.05, 0) is 37.6 Å². The highest BCUT2D eigenvalue weighted by Crippen LogP contribution is 2.11. The quantitative estimate of drug-likeness (QED) is 0.863. The Morgan fingerprint density at radius 3 is 2.38 bits per heavy atom. The topological polar surface area (TPSA) is 90.3 Å². The van der Waals surface area contributed by atoms with Gasteiger partial charge >= 0.3 is 0 Å². The second kappa shape index (κ2) is 7.20. The summed E-state index contributed by atoms with van der Waals surface area (Å²) >= 11 is 0. The van der Waals surface area contributed by atoms with Crippen molar-refractivity contribution in [3.05, 3.63) is 29.8 Å². The fraction of sp³-hybridized carbons (Fsp3) is 0.429. The highest BCUT2D eigenvalue weighted by atomic mass is 32.2. The Bertz CT molecular complexity index is 632. The molecule has 1 amide bonds. The lowest BCUT2D eigenvalue weighted by Crippen LogP contribution is -2.42. The van der Waals surface area contributed by atoms with Crippen LogP contribution in [-0.2, 0) is 14.8 Å². The maximum Gasteiger partial charge on any atom is 0.239 e. The largest absolute Gasteiger partial charge is 0.325 e. The van der Waals surface area contributed by atoms with Crippen molar-refractivity contribution in [1.82, 2.24) is 4.31 Å². The van der Waals surface area contributed by atoms with Crippen molar-refractivity contribution in [2.45, 2.75) is 26.3 Å². The number of benzene rings is 1. The molecule has 6 nitrogen and oxygen atoms in total. The molecular formula is C14H19N3O3S. The number of hydrogen-bond donors (Lipinski definition) is 1. The first kappa shape index (κ1) is 17.1. The Morgan fingerprint density at radius 2 is 1.95 bits per heavy atom. The van der Waals surface area contributed by atoms with Gasteiger partial charge in [-0.15, -0.1) is 0 Å². The molecular weight excluding hydrogens is 290 g/mol. The smallest absolute Gasteiger partial charge is 0.239 e. The van der Waals surface area contributed by atoms with Gasteiger partial charge in [0.15, 0.2) is 0 Å². The van der Waals surface area contributed by atoms with Crippen LogP contribution in [0.25, 0.3) is 0 Å². The number of sulfonamides is 1. The van der Waals surface area contributed by atoms with Crippen molar-refractivity contribution < 1.29 is 13.2 Å². The molecule has 1 aromatic carbocycles. The van der Waals surface area contributed by atoms with Gasteiger partial charge in [0.25, 0.3) is 0 Å². The average molecular weight is 309 g/mol. The lowest BCUT2D eigenvalue weighted by atomic mass is 10.2. The lowest BCUT2D eigenvalue weighted by Gasteiger charge is -2.25. The minimum absolute atomic E-state index is 0.228. The highest BCUT2D eigenvalue weighted by molar-refractivity contribution is 7.88. The maximum absolute atomic E-state index is 12.0. The number of nitrogens with one attached hydrogen (secondary N) is 1. The third kappa shape index (κ3) is 5.17. The van der Waals surface area contributed by atoms with Crippen LogP contribution in [0.15, 0.2) is 24.3 Å². The van der Waals surface area contributed by atoms with Crippen LogP contribution in [0.5, 0.6) is 0 Å². The monoisotopic (exact) mass is 309 g/mol. The number of hydrogen-bond acceptors (Lipinski definition) is 4. The van der Waals surface area contributed by atoms with E-state index >= 15 is 0 Å². The van der Waals surface area contributed by atoms with Crippen molar-refractivity contribution in [3.63, 3.8) is 0 Å². The molecule has 7 heteroatoms. The standard InChI is InChI=1S/C14H19N3O3S/c1-4-11(2)17(21(3,19)20)10-14(18)16-13-7-5-12(9-15)6-8-13/h5-8,11H,4,10H2,1-3H3,(H,16,18). The molecule has 0 saturated heterocycles. The zero-order chi connectivity index (χ0) is 16.0. The summed E-state index contributed by atoms with van der Waals surface area (Å²) in [7, 11) is -3.44. The minimum Gasteiger partial charge on any atom is -0.325 e. The Labute approximate surface area is 125 Å². The van der Waals surface area contributed by atoms with Crippen LogP contribution in [0.3, 0.4) is 0 Å². The van der Waals surface area contributed by atoms with Crippen LogP contribution in [0, 0.1) is 11.3 Å². The van der Waals surface area contributed by atoms with E-state index in [1.165, 1.54) is 4.31 Å². The van der Waals surface area contributed by atoms with Gasteiger partial charge in [0.2, 0.25) is 15.9 Å². The van der Waals surface area contributed by atoms with Gasteiger partial charge in [-0.1, -0.05) is 6.92 Å². The molecule has 21 heavy (non-hydrogen) atoms. The van der Waals surface area contributed by atoms with E-state index in [2.05, 4.69) is 5.32 Å². The van der Waals surface area contributed by atoms with Crippen LogP contribution in [-0.4, -0.2) is 37.5 Å². The first-order valence-corrected chi connectivity index (χ1v) is 8.39. The van der Waals surface area contributed by atoms with E-state index in [1.54, 1.807) is 31.2 Å². The Kier molecular flexibility index (Phi) is 5.88. The molecule has 1 N–H and O–H groups in total. The van der Waals surface area contributed by atoms with Crippen molar-refractivity contribution in [3.8, 4) is 6.07 Å². The fourth-order valence-corrected chi connectivity index (χ4v) is 2.93.